The maximum atomic E-state index is 14.4. The molecule has 1 aliphatic rings. The molecule has 1 aliphatic carbocycles. The first-order valence-corrected chi connectivity index (χ1v) is 15.4. The van der Waals surface area contributed by atoms with Crippen molar-refractivity contribution in [1.82, 2.24) is 10.2 Å². The van der Waals surface area contributed by atoms with Crippen LogP contribution in [-0.2, 0) is 26.0 Å². The molecule has 7 nitrogen and oxygen atoms in total. The molecular weight excluding hydrogens is 505 g/mol. The summed E-state index contributed by atoms with van der Waals surface area (Å²) in [5.74, 6) is -0.988. The van der Waals surface area contributed by atoms with E-state index in [1.165, 1.54) is 24.6 Å². The van der Waals surface area contributed by atoms with Crippen LogP contribution in [0.2, 0.25) is 0 Å². The minimum atomic E-state index is -3.75. The minimum absolute atomic E-state index is 0.0386. The molecule has 38 heavy (non-hydrogen) atoms. The Labute approximate surface area is 226 Å². The largest absolute Gasteiger partial charge is 0.352 e. The van der Waals surface area contributed by atoms with E-state index in [2.05, 4.69) is 5.32 Å². The van der Waals surface area contributed by atoms with Gasteiger partial charge in [0.05, 0.1) is 11.9 Å². The van der Waals surface area contributed by atoms with Crippen LogP contribution in [0, 0.1) is 5.82 Å². The second kappa shape index (κ2) is 14.3. The predicted molar refractivity (Wildman–Crippen MR) is 149 cm³/mol. The van der Waals surface area contributed by atoms with E-state index in [4.69, 9.17) is 0 Å². The minimum Gasteiger partial charge on any atom is -0.352 e. The van der Waals surface area contributed by atoms with E-state index >= 15 is 0 Å². The van der Waals surface area contributed by atoms with Crippen molar-refractivity contribution in [2.75, 3.05) is 23.7 Å². The van der Waals surface area contributed by atoms with Gasteiger partial charge in [-0.15, -0.1) is 0 Å². The van der Waals surface area contributed by atoms with Gasteiger partial charge in [0.1, 0.15) is 11.9 Å². The number of hydrogen-bond donors (Lipinski definition) is 1. The van der Waals surface area contributed by atoms with Crippen LogP contribution in [-0.4, -0.2) is 56.6 Å². The Balaban J connectivity index is 1.72. The van der Waals surface area contributed by atoms with Gasteiger partial charge in [-0.25, -0.2) is 12.8 Å². The standard InChI is InChI=1S/C29H40FN3O4S/c1-3-26(29(35)31-24-15-8-5-9-16-24)32(22-20-23-13-6-4-7-14-23)28(34)19-12-21-33(38(2,36)37)27-18-11-10-17-25(27)30/h4,6-7,10-11,13-14,17-18,24,26H,3,5,8-9,12,15-16,19-22H2,1-2H3,(H,31,35)/t26-/m0/s1. The van der Waals surface area contributed by atoms with E-state index in [-0.39, 0.29) is 42.9 Å². The quantitative estimate of drug-likeness (QED) is 0.396. The number of carbonyl (C=O) groups excluding carboxylic acids is 2. The van der Waals surface area contributed by atoms with Gasteiger partial charge in [0.2, 0.25) is 21.8 Å². The molecule has 0 saturated heterocycles. The fourth-order valence-corrected chi connectivity index (χ4v) is 6.04. The molecule has 0 heterocycles. The number of nitrogens with zero attached hydrogens (tertiary/aromatic N) is 2. The van der Waals surface area contributed by atoms with Gasteiger partial charge in [0, 0.05) is 25.6 Å². The number of carbonyl (C=O) groups is 2. The van der Waals surface area contributed by atoms with Crippen molar-refractivity contribution in [2.45, 2.75) is 76.8 Å². The Morgan fingerprint density at radius 3 is 2.29 bits per heavy atom. The smallest absolute Gasteiger partial charge is 0.243 e. The monoisotopic (exact) mass is 545 g/mol. The average molecular weight is 546 g/mol. The molecule has 0 radical (unpaired) electrons. The van der Waals surface area contributed by atoms with Crippen LogP contribution >= 0.6 is 0 Å². The molecule has 208 valence electrons. The molecule has 1 saturated carbocycles. The number of rotatable bonds is 13. The molecule has 1 N–H and O–H groups in total. The fraction of sp³-hybridized carbons (Fsp3) is 0.517. The molecule has 0 spiro atoms. The summed E-state index contributed by atoms with van der Waals surface area (Å²) in [5, 5.41) is 3.16. The van der Waals surface area contributed by atoms with Gasteiger partial charge in [0.15, 0.2) is 0 Å². The van der Waals surface area contributed by atoms with Crippen LogP contribution in [0.4, 0.5) is 10.1 Å². The summed E-state index contributed by atoms with van der Waals surface area (Å²) in [5.41, 5.74) is 1.03. The zero-order valence-electron chi connectivity index (χ0n) is 22.4. The van der Waals surface area contributed by atoms with E-state index in [0.717, 1.165) is 41.8 Å². The SMILES string of the molecule is CC[C@@H](C(=O)NC1CCCCC1)N(CCc1ccccc1)C(=O)CCCN(c1ccccc1F)S(C)(=O)=O. The normalized spacial score (nSPS) is 15.0. The van der Waals surface area contributed by atoms with Crippen molar-refractivity contribution in [3.05, 3.63) is 66.0 Å². The topological polar surface area (TPSA) is 86.8 Å². The van der Waals surface area contributed by atoms with Crippen molar-refractivity contribution < 1.29 is 22.4 Å². The van der Waals surface area contributed by atoms with Gasteiger partial charge in [0.25, 0.3) is 0 Å². The number of para-hydroxylation sites is 1. The van der Waals surface area contributed by atoms with Crippen LogP contribution in [0.1, 0.15) is 63.9 Å². The second-order valence-electron chi connectivity index (χ2n) is 9.98. The summed E-state index contributed by atoms with van der Waals surface area (Å²) < 4.78 is 40.1. The third-order valence-corrected chi connectivity index (χ3v) is 8.27. The Bertz CT molecular complexity index is 1150. The Morgan fingerprint density at radius 2 is 1.66 bits per heavy atom. The average Bonchev–Trinajstić information content (AvgIpc) is 2.90. The Kier molecular flexibility index (Phi) is 11.1. The van der Waals surface area contributed by atoms with E-state index in [9.17, 15) is 22.4 Å². The summed E-state index contributed by atoms with van der Waals surface area (Å²) in [6.07, 6.45) is 7.63. The van der Waals surface area contributed by atoms with Crippen molar-refractivity contribution in [1.29, 1.82) is 0 Å². The lowest BCUT2D eigenvalue weighted by Crippen LogP contribution is -2.52. The molecule has 2 aromatic carbocycles. The van der Waals surface area contributed by atoms with Crippen LogP contribution in [0.25, 0.3) is 0 Å². The summed E-state index contributed by atoms with van der Waals surface area (Å²) >= 11 is 0. The highest BCUT2D eigenvalue weighted by Gasteiger charge is 2.30. The number of amides is 2. The molecule has 1 atom stereocenters. The highest BCUT2D eigenvalue weighted by molar-refractivity contribution is 7.92. The highest BCUT2D eigenvalue weighted by Crippen LogP contribution is 2.23. The molecule has 2 amide bonds. The molecule has 0 aromatic heterocycles. The lowest BCUT2D eigenvalue weighted by atomic mass is 9.95. The number of halogens is 1. The van der Waals surface area contributed by atoms with Crippen molar-refractivity contribution in [2.24, 2.45) is 0 Å². The third-order valence-electron chi connectivity index (χ3n) is 7.10. The van der Waals surface area contributed by atoms with Crippen LogP contribution < -0.4 is 9.62 Å². The number of hydrogen-bond acceptors (Lipinski definition) is 4. The first kappa shape index (κ1) is 29.6. The van der Waals surface area contributed by atoms with Gasteiger partial charge in [-0.3, -0.25) is 13.9 Å². The number of sulfonamides is 1. The molecule has 3 rings (SSSR count). The van der Waals surface area contributed by atoms with Crippen LogP contribution in [0.5, 0.6) is 0 Å². The van der Waals surface area contributed by atoms with Gasteiger partial charge in [-0.2, -0.15) is 0 Å². The van der Waals surface area contributed by atoms with E-state index in [1.54, 1.807) is 11.0 Å². The van der Waals surface area contributed by atoms with Gasteiger partial charge >= 0.3 is 0 Å². The summed E-state index contributed by atoms with van der Waals surface area (Å²) in [6.45, 7) is 2.24. The van der Waals surface area contributed by atoms with Gasteiger partial charge in [-0.05, 0) is 49.8 Å². The fourth-order valence-electron chi connectivity index (χ4n) is 5.08. The van der Waals surface area contributed by atoms with Crippen molar-refractivity contribution in [3.8, 4) is 0 Å². The predicted octanol–water partition coefficient (Wildman–Crippen LogP) is 4.67. The molecule has 2 aromatic rings. The lowest BCUT2D eigenvalue weighted by molar-refractivity contribution is -0.141. The van der Waals surface area contributed by atoms with Crippen molar-refractivity contribution >= 4 is 27.5 Å². The molecule has 0 bridgehead atoms. The van der Waals surface area contributed by atoms with Crippen molar-refractivity contribution in [3.63, 3.8) is 0 Å². The maximum Gasteiger partial charge on any atom is 0.243 e. The Morgan fingerprint density at radius 1 is 1.00 bits per heavy atom. The summed E-state index contributed by atoms with van der Waals surface area (Å²) in [7, 11) is -3.75. The maximum absolute atomic E-state index is 14.4. The molecule has 1 fully saturated rings. The number of nitrogens with one attached hydrogen (secondary N) is 1. The molecule has 0 unspecified atom stereocenters. The van der Waals surface area contributed by atoms with E-state index in [1.807, 2.05) is 37.3 Å². The zero-order chi connectivity index (χ0) is 27.5. The van der Waals surface area contributed by atoms with E-state index < -0.39 is 21.9 Å². The molecular formula is C29H40FN3O4S. The van der Waals surface area contributed by atoms with Gasteiger partial charge in [-0.1, -0.05) is 68.7 Å². The van der Waals surface area contributed by atoms with Gasteiger partial charge < -0.3 is 10.2 Å². The van der Waals surface area contributed by atoms with E-state index in [0.29, 0.717) is 19.4 Å². The third kappa shape index (κ3) is 8.55. The van der Waals surface area contributed by atoms with Crippen LogP contribution in [0.3, 0.4) is 0 Å². The van der Waals surface area contributed by atoms with Crippen LogP contribution in [0.15, 0.2) is 54.6 Å². The lowest BCUT2D eigenvalue weighted by Gasteiger charge is -2.33. The first-order valence-electron chi connectivity index (χ1n) is 13.6. The molecule has 0 aliphatic heterocycles. The summed E-state index contributed by atoms with van der Waals surface area (Å²) in [6, 6.07) is 15.0. The summed E-state index contributed by atoms with van der Waals surface area (Å²) in [4.78, 5) is 28.4. The second-order valence-corrected chi connectivity index (χ2v) is 11.9. The highest BCUT2D eigenvalue weighted by atomic mass is 32.2. The Hall–Kier alpha value is -2.94. The zero-order valence-corrected chi connectivity index (χ0v) is 23.3. The number of benzene rings is 2. The first-order chi connectivity index (χ1) is 18.2. The number of anilines is 1. The molecule has 9 heteroatoms.